The maximum atomic E-state index is 12.5. The summed E-state index contributed by atoms with van der Waals surface area (Å²) in [7, 11) is 6.68. The molecular weight excluding hydrogens is 346 g/mol. The molecule has 0 saturated carbocycles. The average Bonchev–Trinajstić information content (AvgIpc) is 2.64. The number of nitrogens with zero attached hydrogens (tertiary/aromatic N) is 1. The lowest BCUT2D eigenvalue weighted by Gasteiger charge is -2.13. The van der Waals surface area contributed by atoms with Crippen molar-refractivity contribution in [3.63, 3.8) is 0 Å². The first-order valence-corrected chi connectivity index (χ1v) is 8.47. The SMILES string of the molecule is COc1cccc(C(=O)NCc2cccc(NC(=O)CN(C)C)c2)c1OC. The van der Waals surface area contributed by atoms with Crippen molar-refractivity contribution in [1.82, 2.24) is 10.2 Å². The number of benzene rings is 2. The Balaban J connectivity index is 2.04. The number of carbonyl (C=O) groups is 2. The molecule has 2 aromatic rings. The van der Waals surface area contributed by atoms with Crippen LogP contribution in [0.15, 0.2) is 42.5 Å². The minimum absolute atomic E-state index is 0.0951. The van der Waals surface area contributed by atoms with E-state index in [0.29, 0.717) is 35.8 Å². The summed E-state index contributed by atoms with van der Waals surface area (Å²) in [6, 6.07) is 12.5. The van der Waals surface area contributed by atoms with Gasteiger partial charge in [0.25, 0.3) is 5.91 Å². The number of nitrogens with one attached hydrogen (secondary N) is 2. The predicted molar refractivity (Wildman–Crippen MR) is 104 cm³/mol. The quantitative estimate of drug-likeness (QED) is 0.743. The molecule has 2 N–H and O–H groups in total. The number of para-hydroxylation sites is 1. The first kappa shape index (κ1) is 20.3. The molecule has 0 saturated heterocycles. The highest BCUT2D eigenvalue weighted by molar-refractivity contribution is 5.97. The van der Waals surface area contributed by atoms with E-state index < -0.39 is 0 Å². The zero-order chi connectivity index (χ0) is 19.8. The fraction of sp³-hybridized carbons (Fsp3) is 0.300. The van der Waals surface area contributed by atoms with E-state index in [1.54, 1.807) is 23.1 Å². The lowest BCUT2D eigenvalue weighted by atomic mass is 10.1. The number of ether oxygens (including phenoxy) is 2. The molecule has 0 atom stereocenters. The Hall–Kier alpha value is -3.06. The van der Waals surface area contributed by atoms with E-state index in [4.69, 9.17) is 9.47 Å². The minimum Gasteiger partial charge on any atom is -0.493 e. The zero-order valence-electron chi connectivity index (χ0n) is 16.0. The van der Waals surface area contributed by atoms with E-state index in [2.05, 4.69) is 10.6 Å². The monoisotopic (exact) mass is 371 g/mol. The number of hydrogen-bond acceptors (Lipinski definition) is 5. The van der Waals surface area contributed by atoms with Gasteiger partial charge in [0, 0.05) is 12.2 Å². The van der Waals surface area contributed by atoms with Crippen LogP contribution in [0.4, 0.5) is 5.69 Å². The van der Waals surface area contributed by atoms with Crippen molar-refractivity contribution in [1.29, 1.82) is 0 Å². The molecule has 27 heavy (non-hydrogen) atoms. The van der Waals surface area contributed by atoms with Crippen molar-refractivity contribution < 1.29 is 19.1 Å². The van der Waals surface area contributed by atoms with Gasteiger partial charge in [0.1, 0.15) is 0 Å². The molecule has 7 heteroatoms. The summed E-state index contributed by atoms with van der Waals surface area (Å²) in [6.45, 7) is 0.618. The third-order valence-corrected chi connectivity index (χ3v) is 3.77. The summed E-state index contributed by atoms with van der Waals surface area (Å²) < 4.78 is 10.5. The number of hydrogen-bond donors (Lipinski definition) is 2. The highest BCUT2D eigenvalue weighted by Crippen LogP contribution is 2.30. The summed E-state index contributed by atoms with van der Waals surface area (Å²) in [5, 5.41) is 5.70. The van der Waals surface area contributed by atoms with Gasteiger partial charge in [-0.25, -0.2) is 0 Å². The van der Waals surface area contributed by atoms with Crippen LogP contribution < -0.4 is 20.1 Å². The molecule has 2 amide bonds. The van der Waals surface area contributed by atoms with E-state index in [1.807, 2.05) is 38.4 Å². The van der Waals surface area contributed by atoms with Gasteiger partial charge in [-0.1, -0.05) is 18.2 Å². The van der Waals surface area contributed by atoms with E-state index in [0.717, 1.165) is 5.56 Å². The van der Waals surface area contributed by atoms with Crippen molar-refractivity contribution in [2.24, 2.45) is 0 Å². The first-order chi connectivity index (χ1) is 12.9. The summed E-state index contributed by atoms with van der Waals surface area (Å²) in [5.74, 6) is 0.521. The Kier molecular flexibility index (Phi) is 7.19. The number of rotatable bonds is 8. The third-order valence-electron chi connectivity index (χ3n) is 3.77. The normalized spacial score (nSPS) is 10.4. The van der Waals surface area contributed by atoms with Crippen molar-refractivity contribution in [3.8, 4) is 11.5 Å². The lowest BCUT2D eigenvalue weighted by molar-refractivity contribution is -0.116. The van der Waals surface area contributed by atoms with E-state index >= 15 is 0 Å². The van der Waals surface area contributed by atoms with Gasteiger partial charge in [-0.2, -0.15) is 0 Å². The predicted octanol–water partition coefficient (Wildman–Crippen LogP) is 2.13. The fourth-order valence-electron chi connectivity index (χ4n) is 2.59. The molecule has 144 valence electrons. The first-order valence-electron chi connectivity index (χ1n) is 8.47. The maximum absolute atomic E-state index is 12.5. The molecule has 0 heterocycles. The molecule has 7 nitrogen and oxygen atoms in total. The Labute approximate surface area is 159 Å². The largest absolute Gasteiger partial charge is 0.493 e. The van der Waals surface area contributed by atoms with Crippen LogP contribution in [0.25, 0.3) is 0 Å². The highest BCUT2D eigenvalue weighted by Gasteiger charge is 2.16. The van der Waals surface area contributed by atoms with Crippen LogP contribution in [0.5, 0.6) is 11.5 Å². The van der Waals surface area contributed by atoms with Crippen LogP contribution in [-0.2, 0) is 11.3 Å². The van der Waals surface area contributed by atoms with Crippen LogP contribution in [0, 0.1) is 0 Å². The number of likely N-dealkylation sites (N-methyl/N-ethyl adjacent to an activating group) is 1. The zero-order valence-corrected chi connectivity index (χ0v) is 16.0. The summed E-state index contributed by atoms with van der Waals surface area (Å²) in [4.78, 5) is 26.2. The number of anilines is 1. The fourth-order valence-corrected chi connectivity index (χ4v) is 2.59. The molecule has 0 aromatic heterocycles. The van der Waals surface area contributed by atoms with Crippen LogP contribution in [0.3, 0.4) is 0 Å². The lowest BCUT2D eigenvalue weighted by Crippen LogP contribution is -2.27. The van der Waals surface area contributed by atoms with Crippen molar-refractivity contribution >= 4 is 17.5 Å². The standard InChI is InChI=1S/C20H25N3O4/c1-23(2)13-18(24)22-15-8-5-7-14(11-15)12-21-20(25)16-9-6-10-17(26-3)19(16)27-4/h5-11H,12-13H2,1-4H3,(H,21,25)(H,22,24). The molecule has 0 aliphatic carbocycles. The smallest absolute Gasteiger partial charge is 0.255 e. The Morgan fingerprint density at radius 2 is 1.78 bits per heavy atom. The Bertz CT molecular complexity index is 806. The second-order valence-electron chi connectivity index (χ2n) is 6.21. The molecule has 0 radical (unpaired) electrons. The van der Waals surface area contributed by atoms with Gasteiger partial charge in [0.15, 0.2) is 11.5 Å². The molecule has 2 aromatic carbocycles. The van der Waals surface area contributed by atoms with Crippen LogP contribution in [0.1, 0.15) is 15.9 Å². The van der Waals surface area contributed by atoms with Crippen molar-refractivity contribution in [2.45, 2.75) is 6.54 Å². The van der Waals surface area contributed by atoms with E-state index in [-0.39, 0.29) is 11.8 Å². The summed E-state index contributed by atoms with van der Waals surface area (Å²) in [5.41, 5.74) is 1.95. The van der Waals surface area contributed by atoms with Crippen LogP contribution in [-0.4, -0.2) is 51.6 Å². The maximum Gasteiger partial charge on any atom is 0.255 e. The second kappa shape index (κ2) is 9.59. The molecule has 2 rings (SSSR count). The summed E-state index contributed by atoms with van der Waals surface area (Å²) >= 11 is 0. The topological polar surface area (TPSA) is 79.9 Å². The summed E-state index contributed by atoms with van der Waals surface area (Å²) in [6.07, 6.45) is 0. The highest BCUT2D eigenvalue weighted by atomic mass is 16.5. The number of amides is 2. The third kappa shape index (κ3) is 5.72. The molecule has 0 aliphatic rings. The minimum atomic E-state index is -0.271. The Morgan fingerprint density at radius 3 is 2.44 bits per heavy atom. The molecular formula is C20H25N3O4. The van der Waals surface area contributed by atoms with Crippen molar-refractivity contribution in [3.05, 3.63) is 53.6 Å². The molecule has 0 bridgehead atoms. The van der Waals surface area contributed by atoms with Gasteiger partial charge in [0.05, 0.1) is 26.3 Å². The number of carbonyl (C=O) groups excluding carboxylic acids is 2. The van der Waals surface area contributed by atoms with Gasteiger partial charge in [-0.15, -0.1) is 0 Å². The van der Waals surface area contributed by atoms with Crippen molar-refractivity contribution in [2.75, 3.05) is 40.2 Å². The van der Waals surface area contributed by atoms with Crippen LogP contribution >= 0.6 is 0 Å². The van der Waals surface area contributed by atoms with E-state index in [1.165, 1.54) is 14.2 Å². The number of methoxy groups -OCH3 is 2. The molecule has 0 fully saturated rings. The molecule has 0 aliphatic heterocycles. The molecule has 0 unspecified atom stereocenters. The molecule has 0 spiro atoms. The van der Waals surface area contributed by atoms with Gasteiger partial charge >= 0.3 is 0 Å². The average molecular weight is 371 g/mol. The van der Waals surface area contributed by atoms with Gasteiger partial charge in [-0.3, -0.25) is 9.59 Å². The van der Waals surface area contributed by atoms with E-state index in [9.17, 15) is 9.59 Å². The van der Waals surface area contributed by atoms with Gasteiger partial charge in [0.2, 0.25) is 5.91 Å². The van der Waals surface area contributed by atoms with Gasteiger partial charge < -0.3 is 25.0 Å². The second-order valence-corrected chi connectivity index (χ2v) is 6.21. The van der Waals surface area contributed by atoms with Crippen LogP contribution in [0.2, 0.25) is 0 Å². The van der Waals surface area contributed by atoms with Gasteiger partial charge in [-0.05, 0) is 43.9 Å². The Morgan fingerprint density at radius 1 is 1.04 bits per heavy atom.